The summed E-state index contributed by atoms with van der Waals surface area (Å²) in [6, 6.07) is 17.4. The lowest BCUT2D eigenvalue weighted by Crippen LogP contribution is -2.31. The van der Waals surface area contributed by atoms with E-state index in [1.54, 1.807) is 12.1 Å². The third-order valence-electron chi connectivity index (χ3n) is 3.43. The van der Waals surface area contributed by atoms with Crippen molar-refractivity contribution in [1.29, 1.82) is 0 Å². The van der Waals surface area contributed by atoms with Crippen LogP contribution in [0.3, 0.4) is 0 Å². The van der Waals surface area contributed by atoms with E-state index in [1.165, 1.54) is 11.6 Å². The SMILES string of the molecule is CNCC(c1ccccc1)N(C)Cc1cccc(F)c1. The molecule has 0 saturated heterocycles. The van der Waals surface area contributed by atoms with E-state index in [0.717, 1.165) is 18.7 Å². The monoisotopic (exact) mass is 272 g/mol. The molecule has 0 aliphatic rings. The summed E-state index contributed by atoms with van der Waals surface area (Å²) in [6.45, 7) is 1.58. The Morgan fingerprint density at radius 3 is 2.50 bits per heavy atom. The maximum absolute atomic E-state index is 13.3. The second-order valence-corrected chi connectivity index (χ2v) is 5.03. The van der Waals surface area contributed by atoms with E-state index >= 15 is 0 Å². The molecule has 2 nitrogen and oxygen atoms in total. The fourth-order valence-corrected chi connectivity index (χ4v) is 2.43. The van der Waals surface area contributed by atoms with Gasteiger partial charge in [0.15, 0.2) is 0 Å². The molecule has 2 aromatic rings. The van der Waals surface area contributed by atoms with Crippen molar-refractivity contribution in [2.75, 3.05) is 20.6 Å². The van der Waals surface area contributed by atoms with Gasteiger partial charge >= 0.3 is 0 Å². The van der Waals surface area contributed by atoms with Gasteiger partial charge in [0.25, 0.3) is 0 Å². The molecule has 3 heteroatoms. The van der Waals surface area contributed by atoms with Gasteiger partial charge in [-0.3, -0.25) is 4.90 Å². The highest BCUT2D eigenvalue weighted by Crippen LogP contribution is 2.20. The van der Waals surface area contributed by atoms with Crippen LogP contribution in [0, 0.1) is 5.82 Å². The zero-order valence-corrected chi connectivity index (χ0v) is 12.0. The largest absolute Gasteiger partial charge is 0.318 e. The smallest absolute Gasteiger partial charge is 0.123 e. The van der Waals surface area contributed by atoms with Gasteiger partial charge in [0.1, 0.15) is 5.82 Å². The minimum absolute atomic E-state index is 0.180. The minimum atomic E-state index is -0.180. The van der Waals surface area contributed by atoms with E-state index < -0.39 is 0 Å². The molecule has 0 radical (unpaired) electrons. The highest BCUT2D eigenvalue weighted by atomic mass is 19.1. The third kappa shape index (κ3) is 3.89. The first-order chi connectivity index (χ1) is 9.70. The maximum Gasteiger partial charge on any atom is 0.123 e. The number of likely N-dealkylation sites (N-methyl/N-ethyl adjacent to an activating group) is 2. The second-order valence-electron chi connectivity index (χ2n) is 5.03. The summed E-state index contributed by atoms with van der Waals surface area (Å²) < 4.78 is 13.3. The van der Waals surface area contributed by atoms with Crippen LogP contribution in [0.1, 0.15) is 17.2 Å². The Morgan fingerprint density at radius 1 is 1.10 bits per heavy atom. The molecule has 1 unspecified atom stereocenters. The lowest BCUT2D eigenvalue weighted by atomic mass is 10.0. The van der Waals surface area contributed by atoms with E-state index in [-0.39, 0.29) is 11.9 Å². The highest BCUT2D eigenvalue weighted by Gasteiger charge is 2.16. The average Bonchev–Trinajstić information content (AvgIpc) is 2.45. The first kappa shape index (κ1) is 14.7. The van der Waals surface area contributed by atoms with Crippen molar-refractivity contribution in [1.82, 2.24) is 10.2 Å². The molecule has 0 aliphatic carbocycles. The fourth-order valence-electron chi connectivity index (χ4n) is 2.43. The van der Waals surface area contributed by atoms with Crippen LogP contribution in [0.25, 0.3) is 0 Å². The van der Waals surface area contributed by atoms with Crippen LogP contribution in [-0.4, -0.2) is 25.5 Å². The number of benzene rings is 2. The normalized spacial score (nSPS) is 12.6. The van der Waals surface area contributed by atoms with E-state index in [4.69, 9.17) is 0 Å². The molecular formula is C17H21FN2. The lowest BCUT2D eigenvalue weighted by Gasteiger charge is -2.28. The molecule has 0 amide bonds. The van der Waals surface area contributed by atoms with E-state index in [2.05, 4.69) is 29.4 Å². The van der Waals surface area contributed by atoms with E-state index in [9.17, 15) is 4.39 Å². The van der Waals surface area contributed by atoms with Crippen LogP contribution >= 0.6 is 0 Å². The lowest BCUT2D eigenvalue weighted by molar-refractivity contribution is 0.233. The van der Waals surface area contributed by atoms with E-state index in [0.29, 0.717) is 0 Å². The Kier molecular flexibility index (Phi) is 5.27. The zero-order valence-electron chi connectivity index (χ0n) is 12.0. The van der Waals surface area contributed by atoms with Crippen LogP contribution < -0.4 is 5.32 Å². The molecule has 0 aliphatic heterocycles. The van der Waals surface area contributed by atoms with Crippen LogP contribution in [0.2, 0.25) is 0 Å². The van der Waals surface area contributed by atoms with Crippen LogP contribution in [0.15, 0.2) is 54.6 Å². The van der Waals surface area contributed by atoms with Gasteiger partial charge in [0.2, 0.25) is 0 Å². The topological polar surface area (TPSA) is 15.3 Å². The number of halogens is 1. The summed E-state index contributed by atoms with van der Waals surface area (Å²) in [4.78, 5) is 2.24. The molecule has 0 fully saturated rings. The van der Waals surface area contributed by atoms with Crippen molar-refractivity contribution < 1.29 is 4.39 Å². The molecule has 106 valence electrons. The van der Waals surface area contributed by atoms with Gasteiger partial charge in [-0.15, -0.1) is 0 Å². The minimum Gasteiger partial charge on any atom is -0.318 e. The molecule has 2 rings (SSSR count). The Bertz CT molecular complexity index is 528. The Morgan fingerprint density at radius 2 is 1.85 bits per heavy atom. The van der Waals surface area contributed by atoms with Gasteiger partial charge in [-0.05, 0) is 37.4 Å². The average molecular weight is 272 g/mol. The number of nitrogens with one attached hydrogen (secondary N) is 1. The molecule has 2 aromatic carbocycles. The summed E-state index contributed by atoms with van der Waals surface area (Å²) in [5.41, 5.74) is 2.25. The molecule has 1 atom stereocenters. The van der Waals surface area contributed by atoms with Crippen molar-refractivity contribution in [2.45, 2.75) is 12.6 Å². The third-order valence-corrected chi connectivity index (χ3v) is 3.43. The number of rotatable bonds is 6. The quantitative estimate of drug-likeness (QED) is 0.868. The number of hydrogen-bond acceptors (Lipinski definition) is 2. The number of hydrogen-bond donors (Lipinski definition) is 1. The Hall–Kier alpha value is -1.71. The van der Waals surface area contributed by atoms with Crippen molar-refractivity contribution in [3.63, 3.8) is 0 Å². The summed E-state index contributed by atoms with van der Waals surface area (Å²) in [6.07, 6.45) is 0. The Labute approximate surface area is 120 Å². The molecule has 20 heavy (non-hydrogen) atoms. The molecule has 1 N–H and O–H groups in total. The van der Waals surface area contributed by atoms with Crippen molar-refractivity contribution in [3.8, 4) is 0 Å². The van der Waals surface area contributed by atoms with Crippen molar-refractivity contribution in [3.05, 3.63) is 71.5 Å². The van der Waals surface area contributed by atoms with Crippen molar-refractivity contribution in [2.24, 2.45) is 0 Å². The van der Waals surface area contributed by atoms with Crippen LogP contribution in [-0.2, 0) is 6.54 Å². The van der Waals surface area contributed by atoms with Gasteiger partial charge in [-0.25, -0.2) is 4.39 Å². The molecule has 0 spiro atoms. The first-order valence-corrected chi connectivity index (χ1v) is 6.85. The van der Waals surface area contributed by atoms with Gasteiger partial charge in [0, 0.05) is 19.1 Å². The molecule has 0 heterocycles. The van der Waals surface area contributed by atoms with Gasteiger partial charge < -0.3 is 5.32 Å². The second kappa shape index (κ2) is 7.17. The molecule has 0 bridgehead atoms. The molecule has 0 aromatic heterocycles. The van der Waals surface area contributed by atoms with Crippen LogP contribution in [0.5, 0.6) is 0 Å². The van der Waals surface area contributed by atoms with Gasteiger partial charge in [-0.1, -0.05) is 42.5 Å². The Balaban J connectivity index is 2.13. The fraction of sp³-hybridized carbons (Fsp3) is 0.294. The zero-order chi connectivity index (χ0) is 14.4. The maximum atomic E-state index is 13.3. The summed E-state index contributed by atoms with van der Waals surface area (Å²) in [7, 11) is 4.02. The van der Waals surface area contributed by atoms with E-state index in [1.807, 2.05) is 31.3 Å². The molecular weight excluding hydrogens is 251 g/mol. The predicted octanol–water partition coefficient (Wildman–Crippen LogP) is 3.22. The van der Waals surface area contributed by atoms with Crippen molar-refractivity contribution >= 4 is 0 Å². The first-order valence-electron chi connectivity index (χ1n) is 6.85. The predicted molar refractivity (Wildman–Crippen MR) is 81.0 cm³/mol. The van der Waals surface area contributed by atoms with Gasteiger partial charge in [-0.2, -0.15) is 0 Å². The van der Waals surface area contributed by atoms with Gasteiger partial charge in [0.05, 0.1) is 0 Å². The summed E-state index contributed by atoms with van der Waals surface area (Å²) in [5.74, 6) is -0.180. The number of nitrogens with zero attached hydrogens (tertiary/aromatic N) is 1. The summed E-state index contributed by atoms with van der Waals surface area (Å²) >= 11 is 0. The summed E-state index contributed by atoms with van der Waals surface area (Å²) in [5, 5.41) is 3.23. The standard InChI is InChI=1S/C17H21FN2/c1-19-12-17(15-8-4-3-5-9-15)20(2)13-14-7-6-10-16(18)11-14/h3-11,17,19H,12-13H2,1-2H3. The van der Waals surface area contributed by atoms with Crippen LogP contribution in [0.4, 0.5) is 4.39 Å². The highest BCUT2D eigenvalue weighted by molar-refractivity contribution is 5.21. The molecule has 0 saturated carbocycles.